The Labute approximate surface area is 90.1 Å². The maximum Gasteiger partial charge on any atom is 0.213 e. The second-order valence-electron chi connectivity index (χ2n) is 4.89. The molecule has 82 valence electrons. The fourth-order valence-electron chi connectivity index (χ4n) is 2.38. The van der Waals surface area contributed by atoms with Gasteiger partial charge in [0.05, 0.1) is 13.7 Å². The SMILES string of the molecule is COc1cc(C2(CO)CC2(C)C)ccn1. The first-order valence-corrected chi connectivity index (χ1v) is 5.17. The molecule has 0 bridgehead atoms. The third kappa shape index (κ3) is 1.42. The standard InChI is InChI=1S/C12H17NO2/c1-11(2)7-12(11,8-14)9-4-5-13-10(6-9)15-3/h4-6,14H,7-8H2,1-3H3. The lowest BCUT2D eigenvalue weighted by Gasteiger charge is -2.18. The molecule has 1 heterocycles. The topological polar surface area (TPSA) is 42.4 Å². The lowest BCUT2D eigenvalue weighted by molar-refractivity contribution is 0.231. The van der Waals surface area contributed by atoms with Crippen LogP contribution in [0.3, 0.4) is 0 Å². The molecule has 3 nitrogen and oxygen atoms in total. The smallest absolute Gasteiger partial charge is 0.213 e. The molecule has 1 atom stereocenters. The summed E-state index contributed by atoms with van der Waals surface area (Å²) in [6, 6.07) is 3.89. The van der Waals surface area contributed by atoms with Crippen LogP contribution in [0.15, 0.2) is 18.3 Å². The van der Waals surface area contributed by atoms with Crippen molar-refractivity contribution in [2.75, 3.05) is 13.7 Å². The Kier molecular flexibility index (Phi) is 2.23. The highest BCUT2D eigenvalue weighted by atomic mass is 16.5. The molecule has 3 heteroatoms. The molecule has 1 aliphatic rings. The largest absolute Gasteiger partial charge is 0.481 e. The van der Waals surface area contributed by atoms with Gasteiger partial charge in [-0.3, -0.25) is 0 Å². The molecule has 2 rings (SSSR count). The maximum absolute atomic E-state index is 9.55. The van der Waals surface area contributed by atoms with Crippen LogP contribution in [0.1, 0.15) is 25.8 Å². The molecule has 0 amide bonds. The van der Waals surface area contributed by atoms with Crippen molar-refractivity contribution in [1.82, 2.24) is 4.98 Å². The molecule has 15 heavy (non-hydrogen) atoms. The average Bonchev–Trinajstić information content (AvgIpc) is 2.82. The van der Waals surface area contributed by atoms with Crippen molar-refractivity contribution in [2.45, 2.75) is 25.7 Å². The number of hydrogen-bond donors (Lipinski definition) is 1. The van der Waals surface area contributed by atoms with Crippen LogP contribution < -0.4 is 4.74 Å². The van der Waals surface area contributed by atoms with E-state index >= 15 is 0 Å². The minimum Gasteiger partial charge on any atom is -0.481 e. The van der Waals surface area contributed by atoms with Gasteiger partial charge in [0.2, 0.25) is 5.88 Å². The second-order valence-corrected chi connectivity index (χ2v) is 4.89. The van der Waals surface area contributed by atoms with Crippen LogP contribution in [0.5, 0.6) is 5.88 Å². The van der Waals surface area contributed by atoms with E-state index in [1.54, 1.807) is 13.3 Å². The van der Waals surface area contributed by atoms with Gasteiger partial charge in [-0.05, 0) is 23.5 Å². The Morgan fingerprint density at radius 1 is 1.53 bits per heavy atom. The Morgan fingerprint density at radius 2 is 2.20 bits per heavy atom. The van der Waals surface area contributed by atoms with Crippen molar-refractivity contribution in [2.24, 2.45) is 5.41 Å². The van der Waals surface area contributed by atoms with Crippen molar-refractivity contribution in [1.29, 1.82) is 0 Å². The molecular weight excluding hydrogens is 190 g/mol. The van der Waals surface area contributed by atoms with Crippen LogP contribution in [0, 0.1) is 5.41 Å². The predicted molar refractivity (Wildman–Crippen MR) is 58.0 cm³/mol. The summed E-state index contributed by atoms with van der Waals surface area (Å²) in [5, 5.41) is 9.55. The van der Waals surface area contributed by atoms with E-state index < -0.39 is 0 Å². The predicted octanol–water partition coefficient (Wildman–Crippen LogP) is 1.75. The average molecular weight is 207 g/mol. The van der Waals surface area contributed by atoms with Crippen LogP contribution in [-0.2, 0) is 5.41 Å². The Bertz CT molecular complexity index is 376. The van der Waals surface area contributed by atoms with Crippen LogP contribution in [0.2, 0.25) is 0 Å². The Morgan fingerprint density at radius 3 is 2.67 bits per heavy atom. The number of methoxy groups -OCH3 is 1. The first-order valence-electron chi connectivity index (χ1n) is 5.17. The molecule has 1 aromatic heterocycles. The summed E-state index contributed by atoms with van der Waals surface area (Å²) < 4.78 is 5.10. The fourth-order valence-corrected chi connectivity index (χ4v) is 2.38. The number of aliphatic hydroxyl groups excluding tert-OH is 1. The third-order valence-electron chi connectivity index (χ3n) is 3.68. The van der Waals surface area contributed by atoms with Gasteiger partial charge in [0, 0.05) is 17.7 Å². The van der Waals surface area contributed by atoms with E-state index in [0.717, 1.165) is 12.0 Å². The number of ether oxygens (including phenoxy) is 1. The number of aromatic nitrogens is 1. The summed E-state index contributed by atoms with van der Waals surface area (Å²) in [5.74, 6) is 0.614. The third-order valence-corrected chi connectivity index (χ3v) is 3.68. The van der Waals surface area contributed by atoms with E-state index in [-0.39, 0.29) is 17.4 Å². The molecular formula is C12H17NO2. The summed E-state index contributed by atoms with van der Waals surface area (Å²) in [6.07, 6.45) is 2.75. The van der Waals surface area contributed by atoms with Crippen molar-refractivity contribution in [3.05, 3.63) is 23.9 Å². The number of aliphatic hydroxyl groups is 1. The highest BCUT2D eigenvalue weighted by Gasteiger charge is 2.61. The zero-order chi connectivity index (χ0) is 11.1. The van der Waals surface area contributed by atoms with Gasteiger partial charge in [0.1, 0.15) is 0 Å². The first-order chi connectivity index (χ1) is 7.05. The summed E-state index contributed by atoms with van der Waals surface area (Å²) in [5.41, 5.74) is 1.21. The molecule has 1 N–H and O–H groups in total. The van der Waals surface area contributed by atoms with Crippen LogP contribution in [0.25, 0.3) is 0 Å². The zero-order valence-corrected chi connectivity index (χ0v) is 9.45. The van der Waals surface area contributed by atoms with E-state index in [9.17, 15) is 5.11 Å². The van der Waals surface area contributed by atoms with Gasteiger partial charge in [-0.1, -0.05) is 13.8 Å². The van der Waals surface area contributed by atoms with Crippen molar-refractivity contribution >= 4 is 0 Å². The van der Waals surface area contributed by atoms with Crippen LogP contribution >= 0.6 is 0 Å². The minimum atomic E-state index is -0.0940. The quantitative estimate of drug-likeness (QED) is 0.821. The molecule has 0 saturated heterocycles. The molecule has 0 aliphatic heterocycles. The lowest BCUT2D eigenvalue weighted by atomic mass is 9.89. The molecule has 0 aromatic carbocycles. The lowest BCUT2D eigenvalue weighted by Crippen LogP contribution is -2.19. The van der Waals surface area contributed by atoms with Crippen molar-refractivity contribution in [3.63, 3.8) is 0 Å². The van der Waals surface area contributed by atoms with E-state index in [0.29, 0.717) is 5.88 Å². The van der Waals surface area contributed by atoms with Gasteiger partial charge in [0.25, 0.3) is 0 Å². The molecule has 0 radical (unpaired) electrons. The molecule has 1 unspecified atom stereocenters. The number of pyridine rings is 1. The van der Waals surface area contributed by atoms with Crippen LogP contribution in [-0.4, -0.2) is 23.8 Å². The Hall–Kier alpha value is -1.09. The van der Waals surface area contributed by atoms with Gasteiger partial charge < -0.3 is 9.84 Å². The van der Waals surface area contributed by atoms with Crippen molar-refractivity contribution < 1.29 is 9.84 Å². The number of hydrogen-bond acceptors (Lipinski definition) is 3. The number of rotatable bonds is 3. The van der Waals surface area contributed by atoms with Gasteiger partial charge >= 0.3 is 0 Å². The molecule has 0 spiro atoms. The monoisotopic (exact) mass is 207 g/mol. The molecule has 1 aliphatic carbocycles. The van der Waals surface area contributed by atoms with E-state index in [2.05, 4.69) is 18.8 Å². The Balaban J connectivity index is 2.37. The summed E-state index contributed by atoms with van der Waals surface area (Å²) in [7, 11) is 1.61. The molecule has 1 saturated carbocycles. The number of nitrogens with zero attached hydrogens (tertiary/aromatic N) is 1. The first kappa shape index (κ1) is 10.4. The normalized spacial score (nSPS) is 27.5. The summed E-state index contributed by atoms with van der Waals surface area (Å²) >= 11 is 0. The van der Waals surface area contributed by atoms with E-state index in [1.807, 2.05) is 12.1 Å². The van der Waals surface area contributed by atoms with E-state index in [1.165, 1.54) is 0 Å². The van der Waals surface area contributed by atoms with Crippen molar-refractivity contribution in [3.8, 4) is 5.88 Å². The van der Waals surface area contributed by atoms with Gasteiger partial charge in [-0.2, -0.15) is 0 Å². The second kappa shape index (κ2) is 3.20. The highest BCUT2D eigenvalue weighted by Crippen LogP contribution is 2.64. The van der Waals surface area contributed by atoms with Gasteiger partial charge in [0.15, 0.2) is 0 Å². The summed E-state index contributed by atoms with van der Waals surface area (Å²) in [6.45, 7) is 4.54. The minimum absolute atomic E-state index is 0.0940. The van der Waals surface area contributed by atoms with E-state index in [4.69, 9.17) is 4.74 Å². The zero-order valence-electron chi connectivity index (χ0n) is 9.45. The maximum atomic E-state index is 9.55. The fraction of sp³-hybridized carbons (Fsp3) is 0.583. The van der Waals surface area contributed by atoms with Gasteiger partial charge in [-0.25, -0.2) is 4.98 Å². The molecule has 1 fully saturated rings. The van der Waals surface area contributed by atoms with Crippen LogP contribution in [0.4, 0.5) is 0 Å². The molecule has 1 aromatic rings. The summed E-state index contributed by atoms with van der Waals surface area (Å²) in [4.78, 5) is 4.08. The highest BCUT2D eigenvalue weighted by molar-refractivity contribution is 5.38. The van der Waals surface area contributed by atoms with Gasteiger partial charge in [-0.15, -0.1) is 0 Å².